The number of hydrogen-bond donors (Lipinski definition) is 2. The molecule has 2 bridgehead atoms. The third-order valence-electron chi connectivity index (χ3n) is 9.81. The van der Waals surface area contributed by atoms with Crippen LogP contribution in [-0.4, -0.2) is 71.6 Å². The molecule has 0 amide bonds. The monoisotopic (exact) mass is 512 g/mol. The number of phenolic OH excluding ortho intramolecular Hbond substituents is 1. The summed E-state index contributed by atoms with van der Waals surface area (Å²) in [5, 5.41) is 14.7. The highest BCUT2D eigenvalue weighted by Gasteiger charge is 2.74. The van der Waals surface area contributed by atoms with Crippen molar-refractivity contribution >= 4 is 5.97 Å². The number of carbonyl (C=O) groups excluding carboxylic acids is 1. The van der Waals surface area contributed by atoms with E-state index in [0.717, 1.165) is 50.3 Å². The first-order chi connectivity index (χ1) is 17.5. The Bertz CT molecular complexity index is 1080. The van der Waals surface area contributed by atoms with Crippen molar-refractivity contribution in [2.45, 2.75) is 114 Å². The third kappa shape index (κ3) is 3.75. The topological polar surface area (TPSA) is 80.3 Å². The maximum absolute atomic E-state index is 13.3. The molecule has 5 aliphatic rings. The number of rotatable bonds is 7. The summed E-state index contributed by atoms with van der Waals surface area (Å²) in [6, 6.07) is 3.68. The summed E-state index contributed by atoms with van der Waals surface area (Å²) >= 11 is 0. The highest BCUT2D eigenvalue weighted by Crippen LogP contribution is 2.66. The number of carbonyl (C=O) groups is 1. The summed E-state index contributed by atoms with van der Waals surface area (Å²) < 4.78 is 19.3. The zero-order chi connectivity index (χ0) is 26.3. The van der Waals surface area contributed by atoms with E-state index in [1.165, 1.54) is 18.4 Å². The molecule has 2 unspecified atom stereocenters. The van der Waals surface area contributed by atoms with E-state index in [-0.39, 0.29) is 46.8 Å². The third-order valence-corrected chi connectivity index (χ3v) is 9.81. The molecule has 3 aliphatic carbocycles. The molecule has 7 nitrogen and oxygen atoms in total. The van der Waals surface area contributed by atoms with Gasteiger partial charge in [-0.2, -0.15) is 0 Å². The van der Waals surface area contributed by atoms with Gasteiger partial charge in [-0.3, -0.25) is 15.0 Å². The first-order valence-electron chi connectivity index (χ1n) is 14.3. The number of phenols is 1. The average molecular weight is 513 g/mol. The van der Waals surface area contributed by atoms with Gasteiger partial charge in [0.2, 0.25) is 0 Å². The van der Waals surface area contributed by atoms with Crippen LogP contribution in [0.25, 0.3) is 0 Å². The van der Waals surface area contributed by atoms with Gasteiger partial charge in [-0.25, -0.2) is 0 Å². The van der Waals surface area contributed by atoms with Crippen LogP contribution in [0.5, 0.6) is 11.5 Å². The number of nitrogens with one attached hydrogen (secondary N) is 1. The van der Waals surface area contributed by atoms with Gasteiger partial charge in [-0.05, 0) is 89.3 Å². The van der Waals surface area contributed by atoms with Crippen LogP contribution >= 0.6 is 0 Å². The van der Waals surface area contributed by atoms with Gasteiger partial charge in [0.15, 0.2) is 11.5 Å². The van der Waals surface area contributed by atoms with E-state index in [0.29, 0.717) is 5.75 Å². The fraction of sp³-hybridized carbons (Fsp3) is 0.767. The SMILES string of the molecule is CO[C@@]12CC[C@@H](N[C@H](C(=O)OC(C)(C)C)C(C)C)[C@@H]3Oc4c(O)ccc5c4C31CCN(CC1CC1)C2C5. The lowest BCUT2D eigenvalue weighted by Gasteiger charge is -2.66. The van der Waals surface area contributed by atoms with Gasteiger partial charge in [0.25, 0.3) is 0 Å². The smallest absolute Gasteiger partial charge is 0.323 e. The fourth-order valence-corrected chi connectivity index (χ4v) is 8.17. The second-order valence-corrected chi connectivity index (χ2v) is 13.5. The summed E-state index contributed by atoms with van der Waals surface area (Å²) in [7, 11) is 1.88. The molecule has 2 aliphatic heterocycles. The first kappa shape index (κ1) is 25.4. The maximum atomic E-state index is 13.3. The summed E-state index contributed by atoms with van der Waals surface area (Å²) in [5.74, 6) is 1.49. The Labute approximate surface area is 221 Å². The normalized spacial score (nSPS) is 35.2. The Morgan fingerprint density at radius 3 is 2.65 bits per heavy atom. The molecule has 3 fully saturated rings. The van der Waals surface area contributed by atoms with Gasteiger partial charge >= 0.3 is 5.97 Å². The number of esters is 1. The van der Waals surface area contributed by atoms with Crippen LogP contribution in [0, 0.1) is 11.8 Å². The number of nitrogens with zero attached hydrogens (tertiary/aromatic N) is 1. The molecule has 6 rings (SSSR count). The Kier molecular flexibility index (Phi) is 5.91. The highest BCUT2D eigenvalue weighted by molar-refractivity contribution is 5.76. The molecule has 0 aromatic heterocycles. The van der Waals surface area contributed by atoms with Crippen LogP contribution in [-0.2, 0) is 26.1 Å². The van der Waals surface area contributed by atoms with Crippen LogP contribution in [0.15, 0.2) is 12.1 Å². The van der Waals surface area contributed by atoms with E-state index in [4.69, 9.17) is 14.2 Å². The lowest BCUT2D eigenvalue weighted by Crippen LogP contribution is -2.79. The van der Waals surface area contributed by atoms with Crippen molar-refractivity contribution in [3.63, 3.8) is 0 Å². The lowest BCUT2D eigenvalue weighted by molar-refractivity contribution is -0.208. The van der Waals surface area contributed by atoms with Crippen molar-refractivity contribution in [1.29, 1.82) is 0 Å². The summed E-state index contributed by atoms with van der Waals surface area (Å²) in [5.41, 5.74) is 1.15. The van der Waals surface area contributed by atoms with E-state index < -0.39 is 11.6 Å². The zero-order valence-electron chi connectivity index (χ0n) is 23.3. The van der Waals surface area contributed by atoms with Gasteiger partial charge in [0.1, 0.15) is 17.7 Å². The van der Waals surface area contributed by atoms with Crippen LogP contribution in [0.1, 0.15) is 77.8 Å². The molecule has 1 saturated heterocycles. The Morgan fingerprint density at radius 1 is 1.24 bits per heavy atom. The van der Waals surface area contributed by atoms with Crippen LogP contribution in [0.4, 0.5) is 0 Å². The molecular weight excluding hydrogens is 468 g/mol. The number of hydrogen-bond acceptors (Lipinski definition) is 7. The van der Waals surface area contributed by atoms with Crippen molar-refractivity contribution in [1.82, 2.24) is 10.2 Å². The zero-order valence-corrected chi connectivity index (χ0v) is 23.3. The molecule has 1 aromatic carbocycles. The number of ether oxygens (including phenoxy) is 3. The van der Waals surface area contributed by atoms with Crippen molar-refractivity contribution in [2.75, 3.05) is 20.2 Å². The lowest BCUT2D eigenvalue weighted by atomic mass is 9.48. The molecule has 2 N–H and O–H groups in total. The predicted molar refractivity (Wildman–Crippen MR) is 141 cm³/mol. The van der Waals surface area contributed by atoms with E-state index in [2.05, 4.69) is 30.1 Å². The molecule has 1 spiro atoms. The predicted octanol–water partition coefficient (Wildman–Crippen LogP) is 3.93. The molecule has 1 aromatic rings. The number of methoxy groups -OCH3 is 1. The van der Waals surface area contributed by atoms with Crippen molar-refractivity contribution in [2.24, 2.45) is 11.8 Å². The summed E-state index contributed by atoms with van der Waals surface area (Å²) in [4.78, 5) is 16.0. The molecule has 6 atom stereocenters. The Morgan fingerprint density at radius 2 is 2.00 bits per heavy atom. The first-order valence-corrected chi connectivity index (χ1v) is 14.3. The van der Waals surface area contributed by atoms with Crippen molar-refractivity contribution in [3.8, 4) is 11.5 Å². The largest absolute Gasteiger partial charge is 0.504 e. The summed E-state index contributed by atoms with van der Waals surface area (Å²) in [6.45, 7) is 12.0. The minimum absolute atomic E-state index is 0.0587. The minimum Gasteiger partial charge on any atom is -0.504 e. The number of piperidine rings is 1. The fourth-order valence-electron chi connectivity index (χ4n) is 8.17. The Hall–Kier alpha value is -1.83. The van der Waals surface area contributed by atoms with Gasteiger partial charge < -0.3 is 19.3 Å². The molecule has 0 radical (unpaired) electrons. The molecule has 204 valence electrons. The second kappa shape index (κ2) is 8.59. The van der Waals surface area contributed by atoms with Crippen molar-refractivity contribution in [3.05, 3.63) is 23.3 Å². The number of aromatic hydroxyl groups is 1. The molecule has 37 heavy (non-hydrogen) atoms. The molecular formula is C30H44N2O5. The van der Waals surface area contributed by atoms with E-state index in [1.807, 2.05) is 27.9 Å². The summed E-state index contributed by atoms with van der Waals surface area (Å²) in [6.07, 6.45) is 6.02. The van der Waals surface area contributed by atoms with Crippen LogP contribution < -0.4 is 10.1 Å². The van der Waals surface area contributed by atoms with Gasteiger partial charge in [-0.15, -0.1) is 0 Å². The van der Waals surface area contributed by atoms with E-state index in [9.17, 15) is 9.90 Å². The second-order valence-electron chi connectivity index (χ2n) is 13.5. The standard InChI is InChI=1S/C30H44N2O5/c1-17(2)24(27(34)37-28(3,4)5)31-20-11-12-30(35-6)22-15-19-9-10-21(33)25-23(19)29(30,26(20)36-25)13-14-32(22)16-18-7-8-18/h9-10,17-18,20,22,24,26,31,33H,7-8,11-16H2,1-6H3/t20-,22?,24+,26+,29?,30-/m1/s1. The van der Waals surface area contributed by atoms with Gasteiger partial charge in [-0.1, -0.05) is 19.9 Å². The van der Waals surface area contributed by atoms with Gasteiger partial charge in [0, 0.05) is 31.3 Å². The number of likely N-dealkylation sites (tertiary alicyclic amines) is 1. The van der Waals surface area contributed by atoms with Gasteiger partial charge in [0.05, 0.1) is 11.0 Å². The molecule has 2 saturated carbocycles. The number of benzene rings is 1. The quantitative estimate of drug-likeness (QED) is 0.536. The van der Waals surface area contributed by atoms with Crippen molar-refractivity contribution < 1.29 is 24.1 Å². The van der Waals surface area contributed by atoms with E-state index in [1.54, 1.807) is 6.07 Å². The molecule has 2 heterocycles. The van der Waals surface area contributed by atoms with E-state index >= 15 is 0 Å². The van der Waals surface area contributed by atoms with Crippen LogP contribution in [0.3, 0.4) is 0 Å². The average Bonchev–Trinajstić information content (AvgIpc) is 3.57. The Balaban J connectivity index is 1.40. The van der Waals surface area contributed by atoms with Crippen LogP contribution in [0.2, 0.25) is 0 Å². The minimum atomic E-state index is -0.547. The highest BCUT2D eigenvalue weighted by atomic mass is 16.6. The molecule has 7 heteroatoms. The maximum Gasteiger partial charge on any atom is 0.323 e.